The second kappa shape index (κ2) is 6.06. The second-order valence-corrected chi connectivity index (χ2v) is 4.64. The molecule has 0 aliphatic carbocycles. The Morgan fingerprint density at radius 1 is 1.79 bits per heavy atom. The van der Waals surface area contributed by atoms with Gasteiger partial charge in [0.2, 0.25) is 0 Å². The number of esters is 1. The van der Waals surface area contributed by atoms with Crippen LogP contribution in [-0.4, -0.2) is 24.0 Å². The molecule has 0 aliphatic rings. The molecule has 3 nitrogen and oxygen atoms in total. The Labute approximate surface area is 91.6 Å². The molecule has 0 radical (unpaired) electrons. The van der Waals surface area contributed by atoms with Crippen molar-refractivity contribution in [3.8, 4) is 5.06 Å². The van der Waals surface area contributed by atoms with E-state index in [1.165, 1.54) is 11.3 Å². The summed E-state index contributed by atoms with van der Waals surface area (Å²) in [7, 11) is 0. The number of thioether (sulfide) groups is 1. The van der Waals surface area contributed by atoms with Crippen LogP contribution in [0.1, 0.15) is 6.42 Å². The van der Waals surface area contributed by atoms with Gasteiger partial charge in [-0.3, -0.25) is 0 Å². The maximum Gasteiger partial charge on any atom is 0.329 e. The van der Waals surface area contributed by atoms with E-state index in [1.807, 2.05) is 17.7 Å². The second-order valence-electron chi connectivity index (χ2n) is 2.74. The van der Waals surface area contributed by atoms with Crippen LogP contribution in [0, 0.1) is 0 Å². The van der Waals surface area contributed by atoms with Crippen LogP contribution in [0.3, 0.4) is 0 Å². The summed E-state index contributed by atoms with van der Waals surface area (Å²) in [6.45, 7) is 0. The van der Waals surface area contributed by atoms with Gasteiger partial charge >= 0.3 is 5.97 Å². The van der Waals surface area contributed by atoms with Crippen molar-refractivity contribution in [2.24, 2.45) is 5.73 Å². The number of hydrogen-bond acceptors (Lipinski definition) is 5. The molecule has 0 spiro atoms. The van der Waals surface area contributed by atoms with Crippen molar-refractivity contribution in [1.29, 1.82) is 0 Å². The predicted octanol–water partition coefficient (Wildman–Crippen LogP) is 1.73. The molecule has 0 fully saturated rings. The first-order valence-electron chi connectivity index (χ1n) is 4.23. The van der Waals surface area contributed by atoms with Crippen molar-refractivity contribution in [3.63, 3.8) is 0 Å². The lowest BCUT2D eigenvalue weighted by Crippen LogP contribution is -2.34. The number of rotatable bonds is 5. The van der Waals surface area contributed by atoms with Gasteiger partial charge in [0.25, 0.3) is 0 Å². The van der Waals surface area contributed by atoms with Crippen LogP contribution >= 0.6 is 23.1 Å². The maximum absolute atomic E-state index is 11.4. The van der Waals surface area contributed by atoms with Gasteiger partial charge in [-0.15, -0.1) is 11.3 Å². The van der Waals surface area contributed by atoms with Crippen molar-refractivity contribution in [3.05, 3.63) is 17.5 Å². The number of ether oxygens (including phenoxy) is 1. The average molecular weight is 231 g/mol. The largest absolute Gasteiger partial charge is 0.414 e. The first-order valence-corrected chi connectivity index (χ1v) is 6.51. The Morgan fingerprint density at radius 3 is 3.14 bits per heavy atom. The van der Waals surface area contributed by atoms with Gasteiger partial charge in [-0.05, 0) is 35.9 Å². The number of nitrogens with two attached hydrogens (primary N) is 1. The summed E-state index contributed by atoms with van der Waals surface area (Å²) >= 11 is 3.06. The van der Waals surface area contributed by atoms with Gasteiger partial charge in [0.1, 0.15) is 6.04 Å². The summed E-state index contributed by atoms with van der Waals surface area (Å²) in [5.74, 6) is 0.530. The highest BCUT2D eigenvalue weighted by atomic mass is 32.2. The molecule has 0 unspecified atom stereocenters. The van der Waals surface area contributed by atoms with Gasteiger partial charge in [-0.2, -0.15) is 11.8 Å². The summed E-state index contributed by atoms with van der Waals surface area (Å²) in [6, 6.07) is 3.08. The lowest BCUT2D eigenvalue weighted by Gasteiger charge is -2.08. The summed E-state index contributed by atoms with van der Waals surface area (Å²) in [5, 5.41) is 2.46. The molecule has 1 aromatic heterocycles. The zero-order chi connectivity index (χ0) is 10.4. The summed E-state index contributed by atoms with van der Waals surface area (Å²) in [6.07, 6.45) is 2.64. The highest BCUT2D eigenvalue weighted by Gasteiger charge is 2.15. The quantitative estimate of drug-likeness (QED) is 0.784. The first-order chi connectivity index (χ1) is 6.74. The van der Waals surface area contributed by atoms with Gasteiger partial charge in [-0.1, -0.05) is 0 Å². The molecule has 5 heteroatoms. The van der Waals surface area contributed by atoms with E-state index in [0.717, 1.165) is 5.75 Å². The monoisotopic (exact) mass is 231 g/mol. The van der Waals surface area contributed by atoms with Gasteiger partial charge < -0.3 is 10.5 Å². The number of carbonyl (C=O) groups is 1. The van der Waals surface area contributed by atoms with E-state index in [4.69, 9.17) is 10.5 Å². The van der Waals surface area contributed by atoms with Crippen LogP contribution < -0.4 is 10.5 Å². The fourth-order valence-corrected chi connectivity index (χ4v) is 1.93. The van der Waals surface area contributed by atoms with E-state index in [2.05, 4.69) is 0 Å². The van der Waals surface area contributed by atoms with Crippen molar-refractivity contribution in [2.45, 2.75) is 12.5 Å². The van der Waals surface area contributed by atoms with Crippen LogP contribution in [-0.2, 0) is 4.79 Å². The molecule has 78 valence electrons. The molecule has 0 bridgehead atoms. The Hall–Kier alpha value is -0.520. The zero-order valence-electron chi connectivity index (χ0n) is 7.93. The summed E-state index contributed by atoms with van der Waals surface area (Å²) in [5.41, 5.74) is 5.64. The molecule has 1 rings (SSSR count). The van der Waals surface area contributed by atoms with Crippen LogP contribution in [0.4, 0.5) is 0 Å². The average Bonchev–Trinajstić information content (AvgIpc) is 2.66. The van der Waals surface area contributed by atoms with E-state index in [1.54, 1.807) is 17.8 Å². The minimum atomic E-state index is -0.510. The maximum atomic E-state index is 11.4. The number of thiophene rings is 1. The first kappa shape index (κ1) is 11.6. The highest BCUT2D eigenvalue weighted by molar-refractivity contribution is 7.98. The van der Waals surface area contributed by atoms with Crippen LogP contribution in [0.25, 0.3) is 0 Å². The van der Waals surface area contributed by atoms with Gasteiger partial charge in [0.05, 0.1) is 0 Å². The SMILES string of the molecule is CSCC[C@H](N)C(=O)Oc1cccs1. The summed E-state index contributed by atoms with van der Waals surface area (Å²) in [4.78, 5) is 11.4. The van der Waals surface area contributed by atoms with Gasteiger partial charge in [0.15, 0.2) is 5.06 Å². The molecule has 0 aromatic carbocycles. The molecule has 2 N–H and O–H groups in total. The lowest BCUT2D eigenvalue weighted by molar-refractivity contribution is -0.135. The highest BCUT2D eigenvalue weighted by Crippen LogP contribution is 2.18. The molecular weight excluding hydrogens is 218 g/mol. The van der Waals surface area contributed by atoms with Crippen LogP contribution in [0.2, 0.25) is 0 Å². The molecule has 0 saturated heterocycles. The van der Waals surface area contributed by atoms with Crippen molar-refractivity contribution < 1.29 is 9.53 Å². The zero-order valence-corrected chi connectivity index (χ0v) is 9.57. The Morgan fingerprint density at radius 2 is 2.57 bits per heavy atom. The van der Waals surface area contributed by atoms with E-state index < -0.39 is 6.04 Å². The molecule has 1 heterocycles. The Bertz CT molecular complexity index is 274. The topological polar surface area (TPSA) is 52.3 Å². The van der Waals surface area contributed by atoms with Crippen LogP contribution in [0.15, 0.2) is 17.5 Å². The lowest BCUT2D eigenvalue weighted by atomic mass is 10.2. The molecular formula is C9H13NO2S2. The van der Waals surface area contributed by atoms with E-state index in [0.29, 0.717) is 11.5 Å². The molecule has 0 aliphatic heterocycles. The Balaban J connectivity index is 2.34. The molecule has 0 saturated carbocycles. The smallest absolute Gasteiger partial charge is 0.329 e. The van der Waals surface area contributed by atoms with Crippen molar-refractivity contribution in [1.82, 2.24) is 0 Å². The van der Waals surface area contributed by atoms with E-state index in [9.17, 15) is 4.79 Å². The third-order valence-electron chi connectivity index (χ3n) is 1.63. The molecule has 14 heavy (non-hydrogen) atoms. The molecule has 1 aromatic rings. The predicted molar refractivity (Wildman–Crippen MR) is 60.9 cm³/mol. The third kappa shape index (κ3) is 3.69. The van der Waals surface area contributed by atoms with Gasteiger partial charge in [0, 0.05) is 0 Å². The Kier molecular flexibility index (Phi) is 5.00. The normalized spacial score (nSPS) is 12.4. The van der Waals surface area contributed by atoms with E-state index in [-0.39, 0.29) is 5.97 Å². The minimum absolute atomic E-state index is 0.346. The van der Waals surface area contributed by atoms with E-state index >= 15 is 0 Å². The standard InChI is InChI=1S/C9H13NO2S2/c1-13-6-4-7(10)9(11)12-8-3-2-5-14-8/h2-3,5,7H,4,6,10H2,1H3/t7-/m0/s1. The molecule has 1 atom stereocenters. The number of hydrogen-bond donors (Lipinski definition) is 1. The minimum Gasteiger partial charge on any atom is -0.414 e. The fraction of sp³-hybridized carbons (Fsp3) is 0.444. The van der Waals surface area contributed by atoms with Gasteiger partial charge in [-0.25, -0.2) is 4.79 Å². The van der Waals surface area contributed by atoms with Crippen molar-refractivity contribution >= 4 is 29.1 Å². The fourth-order valence-electron chi connectivity index (χ4n) is 0.859. The summed E-state index contributed by atoms with van der Waals surface area (Å²) < 4.78 is 5.06. The van der Waals surface area contributed by atoms with Crippen molar-refractivity contribution in [2.75, 3.05) is 12.0 Å². The number of carbonyl (C=O) groups excluding carboxylic acids is 1. The third-order valence-corrected chi connectivity index (χ3v) is 3.02. The van der Waals surface area contributed by atoms with Crippen LogP contribution in [0.5, 0.6) is 5.06 Å². The molecule has 0 amide bonds.